The van der Waals surface area contributed by atoms with Crippen LogP contribution in [0.4, 0.5) is 4.39 Å². The second kappa shape index (κ2) is 7.84. The van der Waals surface area contributed by atoms with Gasteiger partial charge in [0.25, 0.3) is 0 Å². The average Bonchev–Trinajstić information content (AvgIpc) is 2.97. The zero-order valence-electron chi connectivity index (χ0n) is 15.8. The molecule has 4 nitrogen and oxygen atoms in total. The van der Waals surface area contributed by atoms with Gasteiger partial charge in [0.05, 0.1) is 11.6 Å². The van der Waals surface area contributed by atoms with Crippen molar-refractivity contribution in [2.75, 3.05) is 20.6 Å². The van der Waals surface area contributed by atoms with Gasteiger partial charge in [0.2, 0.25) is 0 Å². The van der Waals surface area contributed by atoms with Gasteiger partial charge in [-0.2, -0.15) is 0 Å². The van der Waals surface area contributed by atoms with Crippen molar-refractivity contribution >= 4 is 22.4 Å². The number of nitrogens with zero attached hydrogens (tertiary/aromatic N) is 1. The summed E-state index contributed by atoms with van der Waals surface area (Å²) in [6, 6.07) is 13.9. The second-order valence-electron chi connectivity index (χ2n) is 7.08. The highest BCUT2D eigenvalue weighted by Crippen LogP contribution is 2.31. The molecule has 0 spiro atoms. The summed E-state index contributed by atoms with van der Waals surface area (Å²) < 4.78 is 13.9. The van der Waals surface area contributed by atoms with Crippen LogP contribution in [0.3, 0.4) is 0 Å². The van der Waals surface area contributed by atoms with Crippen LogP contribution in [-0.4, -0.2) is 42.0 Å². The molecule has 0 saturated carbocycles. The maximum atomic E-state index is 13.9. The number of H-pyrrole nitrogens is 1. The number of ketones is 1. The summed E-state index contributed by atoms with van der Waals surface area (Å²) in [7, 11) is 3.95. The average molecular weight is 365 g/mol. The van der Waals surface area contributed by atoms with Gasteiger partial charge < -0.3 is 15.3 Å². The molecule has 5 heteroatoms. The van der Waals surface area contributed by atoms with E-state index in [9.17, 15) is 9.18 Å². The van der Waals surface area contributed by atoms with Crippen molar-refractivity contribution in [2.24, 2.45) is 0 Å². The van der Waals surface area contributed by atoms with E-state index in [4.69, 9.17) is 5.41 Å². The molecule has 27 heavy (non-hydrogen) atoms. The van der Waals surface area contributed by atoms with Gasteiger partial charge in [-0.05, 0) is 56.8 Å². The summed E-state index contributed by atoms with van der Waals surface area (Å²) in [5.74, 6) is -1.13. The molecular formula is C22H24FN3O. The summed E-state index contributed by atoms with van der Waals surface area (Å²) in [5.41, 5.74) is 3.34. The molecule has 0 fully saturated rings. The van der Waals surface area contributed by atoms with E-state index in [0.29, 0.717) is 17.7 Å². The third-order valence-corrected chi connectivity index (χ3v) is 4.78. The molecule has 1 heterocycles. The lowest BCUT2D eigenvalue weighted by molar-refractivity contribution is -0.117. The molecule has 140 valence electrons. The normalized spacial score (nSPS) is 12.5. The summed E-state index contributed by atoms with van der Waals surface area (Å²) >= 11 is 0. The quantitative estimate of drug-likeness (QED) is 0.618. The predicted octanol–water partition coefficient (Wildman–Crippen LogP) is 4.15. The Labute approximate surface area is 158 Å². The molecule has 0 aliphatic heterocycles. The van der Waals surface area contributed by atoms with E-state index in [0.717, 1.165) is 23.0 Å². The Kier molecular flexibility index (Phi) is 5.51. The van der Waals surface area contributed by atoms with Gasteiger partial charge in [-0.25, -0.2) is 4.39 Å². The number of aromatic nitrogens is 1. The molecule has 0 amide bonds. The van der Waals surface area contributed by atoms with Crippen LogP contribution in [0, 0.1) is 11.2 Å². The highest BCUT2D eigenvalue weighted by atomic mass is 19.1. The van der Waals surface area contributed by atoms with E-state index >= 15 is 0 Å². The number of nitrogens with one attached hydrogen (secondary N) is 2. The predicted molar refractivity (Wildman–Crippen MR) is 107 cm³/mol. The molecule has 3 aromatic rings. The molecule has 0 aliphatic carbocycles. The van der Waals surface area contributed by atoms with Gasteiger partial charge in [-0.15, -0.1) is 0 Å². The zero-order chi connectivity index (χ0) is 19.6. The van der Waals surface area contributed by atoms with E-state index in [1.165, 1.54) is 19.1 Å². The first kappa shape index (κ1) is 19.0. The van der Waals surface area contributed by atoms with Crippen molar-refractivity contribution in [3.05, 3.63) is 71.2 Å². The highest BCUT2D eigenvalue weighted by Gasteiger charge is 2.28. The first-order valence-electron chi connectivity index (χ1n) is 8.97. The number of likely N-dealkylation sites (N-methyl/N-ethyl adjacent to an activating group) is 1. The van der Waals surface area contributed by atoms with E-state index in [1.807, 2.05) is 49.3 Å². The molecule has 0 bridgehead atoms. The van der Waals surface area contributed by atoms with Crippen LogP contribution < -0.4 is 0 Å². The van der Waals surface area contributed by atoms with Gasteiger partial charge in [-0.3, -0.25) is 4.79 Å². The number of hydrogen-bond donors (Lipinski definition) is 2. The van der Waals surface area contributed by atoms with Gasteiger partial charge >= 0.3 is 0 Å². The molecular weight excluding hydrogens is 341 g/mol. The first-order valence-corrected chi connectivity index (χ1v) is 8.97. The van der Waals surface area contributed by atoms with Gasteiger partial charge in [0.1, 0.15) is 11.6 Å². The Bertz CT molecular complexity index is 976. The van der Waals surface area contributed by atoms with Crippen LogP contribution >= 0.6 is 0 Å². The molecule has 2 N–H and O–H groups in total. The fraction of sp³-hybridized carbons (Fsp3) is 0.273. The Morgan fingerprint density at radius 2 is 1.89 bits per heavy atom. The number of carbonyl (C=O) groups is 1. The minimum atomic E-state index is -0.708. The standard InChI is InChI=1S/C22H24FN3O/c1-14(27)20(21(24)15-7-5-4-6-8-15)22-17(11-12-26(2)3)18-13-16(23)9-10-19(18)25-22/h4-10,13,20,24-25H,11-12H2,1-3H3. The van der Waals surface area contributed by atoms with E-state index < -0.39 is 5.92 Å². The van der Waals surface area contributed by atoms with Crippen molar-refractivity contribution in [1.82, 2.24) is 9.88 Å². The van der Waals surface area contributed by atoms with Crippen LogP contribution in [0.1, 0.15) is 29.7 Å². The Hall–Kier alpha value is -2.79. The monoisotopic (exact) mass is 365 g/mol. The Balaban J connectivity index is 2.15. The molecule has 0 saturated heterocycles. The maximum Gasteiger partial charge on any atom is 0.144 e. The number of aromatic amines is 1. The summed E-state index contributed by atoms with van der Waals surface area (Å²) in [6.45, 7) is 2.27. The SMILES string of the molecule is CC(=O)C(C(=N)c1ccccc1)c1[nH]c2ccc(F)cc2c1CCN(C)C. The van der Waals surface area contributed by atoms with Crippen LogP contribution in [0.15, 0.2) is 48.5 Å². The molecule has 0 aliphatic rings. The molecule has 1 aromatic heterocycles. The smallest absolute Gasteiger partial charge is 0.144 e. The largest absolute Gasteiger partial charge is 0.357 e. The Morgan fingerprint density at radius 3 is 2.52 bits per heavy atom. The number of carbonyl (C=O) groups excluding carboxylic acids is 1. The lowest BCUT2D eigenvalue weighted by Crippen LogP contribution is -2.23. The van der Waals surface area contributed by atoms with Crippen LogP contribution in [0.5, 0.6) is 0 Å². The summed E-state index contributed by atoms with van der Waals surface area (Å²) in [4.78, 5) is 17.9. The molecule has 0 radical (unpaired) electrons. The molecule has 1 unspecified atom stereocenters. The second-order valence-corrected chi connectivity index (χ2v) is 7.08. The minimum absolute atomic E-state index is 0.109. The van der Waals surface area contributed by atoms with Gasteiger partial charge in [0, 0.05) is 23.1 Å². The van der Waals surface area contributed by atoms with Crippen molar-refractivity contribution in [3.8, 4) is 0 Å². The number of fused-ring (bicyclic) bond motifs is 1. The van der Waals surface area contributed by atoms with E-state index in [-0.39, 0.29) is 17.3 Å². The fourth-order valence-corrected chi connectivity index (χ4v) is 3.43. The molecule has 2 aromatic carbocycles. The number of halogens is 1. The van der Waals surface area contributed by atoms with E-state index in [2.05, 4.69) is 4.98 Å². The first-order chi connectivity index (χ1) is 12.9. The minimum Gasteiger partial charge on any atom is -0.357 e. The van der Waals surface area contributed by atoms with Crippen molar-refractivity contribution in [3.63, 3.8) is 0 Å². The summed E-state index contributed by atoms with van der Waals surface area (Å²) in [5, 5.41) is 9.44. The fourth-order valence-electron chi connectivity index (χ4n) is 3.43. The number of hydrogen-bond acceptors (Lipinski definition) is 3. The van der Waals surface area contributed by atoms with Gasteiger partial charge in [-0.1, -0.05) is 30.3 Å². The van der Waals surface area contributed by atoms with Crippen LogP contribution in [0.2, 0.25) is 0 Å². The highest BCUT2D eigenvalue weighted by molar-refractivity contribution is 6.16. The maximum absolute atomic E-state index is 13.9. The van der Waals surface area contributed by atoms with E-state index in [1.54, 1.807) is 6.07 Å². The van der Waals surface area contributed by atoms with Crippen LogP contribution in [-0.2, 0) is 11.2 Å². The lowest BCUT2D eigenvalue weighted by atomic mass is 9.87. The lowest BCUT2D eigenvalue weighted by Gasteiger charge is -2.18. The van der Waals surface area contributed by atoms with Crippen molar-refractivity contribution < 1.29 is 9.18 Å². The third-order valence-electron chi connectivity index (χ3n) is 4.78. The van der Waals surface area contributed by atoms with Crippen LogP contribution in [0.25, 0.3) is 10.9 Å². The zero-order valence-corrected chi connectivity index (χ0v) is 15.8. The molecule has 3 rings (SSSR count). The third kappa shape index (κ3) is 3.98. The van der Waals surface area contributed by atoms with Crippen molar-refractivity contribution in [2.45, 2.75) is 19.3 Å². The topological polar surface area (TPSA) is 60.0 Å². The van der Waals surface area contributed by atoms with Crippen molar-refractivity contribution in [1.29, 1.82) is 5.41 Å². The number of benzene rings is 2. The number of Topliss-reactive ketones (excluding diaryl/α,β-unsaturated/α-hetero) is 1. The van der Waals surface area contributed by atoms with Gasteiger partial charge in [0.15, 0.2) is 0 Å². The number of rotatable bonds is 7. The Morgan fingerprint density at radius 1 is 1.19 bits per heavy atom. The summed E-state index contributed by atoms with van der Waals surface area (Å²) in [6.07, 6.45) is 0.664. The molecule has 1 atom stereocenters.